The summed E-state index contributed by atoms with van der Waals surface area (Å²) in [4.78, 5) is 27.7. The molecule has 35 heavy (non-hydrogen) atoms. The lowest BCUT2D eigenvalue weighted by Crippen LogP contribution is -2.29. The molecule has 0 radical (unpaired) electrons. The number of hydrogen-bond donors (Lipinski definition) is 1. The van der Waals surface area contributed by atoms with Crippen molar-refractivity contribution < 1.29 is 28.6 Å². The number of nitrogens with zero attached hydrogens (tertiary/aromatic N) is 1. The fourth-order valence-electron chi connectivity index (χ4n) is 4.02. The van der Waals surface area contributed by atoms with Gasteiger partial charge in [-0.25, -0.2) is 0 Å². The van der Waals surface area contributed by atoms with Crippen LogP contribution in [-0.4, -0.2) is 35.4 Å². The second kappa shape index (κ2) is 10.7. The molecule has 8 heteroatoms. The second-order valence-electron chi connectivity index (χ2n) is 8.13. The average Bonchev–Trinajstić information content (AvgIpc) is 3.47. The number of ether oxygens (including phenoxy) is 2. The van der Waals surface area contributed by atoms with E-state index in [0.29, 0.717) is 40.0 Å². The predicted octanol–water partition coefficient (Wildman–Crippen LogP) is 5.74. The van der Waals surface area contributed by atoms with Gasteiger partial charge in [0.2, 0.25) is 0 Å². The number of methoxy groups -OCH3 is 1. The molecule has 4 rings (SSSR count). The summed E-state index contributed by atoms with van der Waals surface area (Å²) < 4.78 is 16.8. The van der Waals surface area contributed by atoms with Crippen LogP contribution in [0.5, 0.6) is 11.5 Å². The summed E-state index contributed by atoms with van der Waals surface area (Å²) in [7, 11) is 1.53. The fourth-order valence-corrected chi connectivity index (χ4v) is 4.15. The molecule has 1 unspecified atom stereocenters. The molecule has 0 aliphatic carbocycles. The number of carbonyl (C=O) groups excluding carboxylic acids is 2. The van der Waals surface area contributed by atoms with Gasteiger partial charge in [0, 0.05) is 10.6 Å². The van der Waals surface area contributed by atoms with Gasteiger partial charge in [0.15, 0.2) is 11.5 Å². The number of ketones is 1. The molecule has 7 nitrogen and oxygen atoms in total. The van der Waals surface area contributed by atoms with Gasteiger partial charge in [0.1, 0.15) is 11.5 Å². The molecule has 1 aromatic heterocycles. The molecule has 1 aliphatic rings. The number of Topliss-reactive ketones (excluding diaryl/α,β-unsaturated/α-hetero) is 1. The molecule has 182 valence electrons. The van der Waals surface area contributed by atoms with Crippen LogP contribution in [0.3, 0.4) is 0 Å². The van der Waals surface area contributed by atoms with Gasteiger partial charge in [-0.05, 0) is 60.5 Å². The highest BCUT2D eigenvalue weighted by molar-refractivity contribution is 6.46. The van der Waals surface area contributed by atoms with E-state index in [1.54, 1.807) is 54.6 Å². The highest BCUT2D eigenvalue weighted by Gasteiger charge is 2.46. The minimum absolute atomic E-state index is 0.0226. The Hall–Kier alpha value is -3.71. The monoisotopic (exact) mass is 495 g/mol. The number of rotatable bonds is 9. The number of hydrogen-bond acceptors (Lipinski definition) is 6. The maximum atomic E-state index is 13.2. The van der Waals surface area contributed by atoms with Gasteiger partial charge in [0.05, 0.1) is 38.1 Å². The maximum absolute atomic E-state index is 13.2. The van der Waals surface area contributed by atoms with Crippen LogP contribution in [0.25, 0.3) is 5.76 Å². The van der Waals surface area contributed by atoms with E-state index in [2.05, 4.69) is 6.92 Å². The van der Waals surface area contributed by atoms with Gasteiger partial charge in [0.25, 0.3) is 11.7 Å². The number of carbonyl (C=O) groups is 2. The highest BCUT2D eigenvalue weighted by Crippen LogP contribution is 2.42. The van der Waals surface area contributed by atoms with Gasteiger partial charge < -0.3 is 23.9 Å². The molecule has 2 aromatic carbocycles. The number of aliphatic hydroxyl groups is 1. The van der Waals surface area contributed by atoms with Crippen LogP contribution in [0.1, 0.15) is 42.7 Å². The molecule has 0 spiro atoms. The third-order valence-corrected chi connectivity index (χ3v) is 6.07. The molecule has 1 aliphatic heterocycles. The maximum Gasteiger partial charge on any atom is 0.296 e. The normalized spacial score (nSPS) is 17.1. The average molecular weight is 496 g/mol. The standard InChI is InChI=1S/C27H26ClNO6/c1-3-4-13-35-21-12-9-18(15-22(21)33-2)24-23(25(30)17-7-10-19(28)11-8-17)26(31)27(32)29(24)16-20-6-5-14-34-20/h5-12,14-15,24,30H,3-4,13,16H2,1-2H3/b25-23+. The summed E-state index contributed by atoms with van der Waals surface area (Å²) in [6.07, 6.45) is 3.39. The van der Waals surface area contributed by atoms with E-state index >= 15 is 0 Å². The Kier molecular flexibility index (Phi) is 7.46. The Balaban J connectivity index is 1.82. The van der Waals surface area contributed by atoms with Crippen molar-refractivity contribution in [3.63, 3.8) is 0 Å². The zero-order valence-electron chi connectivity index (χ0n) is 19.5. The first kappa shape index (κ1) is 24.4. The van der Waals surface area contributed by atoms with E-state index in [1.165, 1.54) is 18.3 Å². The van der Waals surface area contributed by atoms with Gasteiger partial charge in [-0.3, -0.25) is 9.59 Å². The molecule has 1 atom stereocenters. The minimum Gasteiger partial charge on any atom is -0.507 e. The summed E-state index contributed by atoms with van der Waals surface area (Å²) in [5.41, 5.74) is 0.943. The number of benzene rings is 2. The molecule has 0 bridgehead atoms. The molecule has 2 heterocycles. The minimum atomic E-state index is -0.866. The van der Waals surface area contributed by atoms with Gasteiger partial charge >= 0.3 is 0 Å². The number of unbranched alkanes of at least 4 members (excludes halogenated alkanes) is 1. The summed E-state index contributed by atoms with van der Waals surface area (Å²) >= 11 is 5.99. The lowest BCUT2D eigenvalue weighted by molar-refractivity contribution is -0.140. The lowest BCUT2D eigenvalue weighted by Gasteiger charge is -2.25. The van der Waals surface area contributed by atoms with E-state index in [0.717, 1.165) is 12.8 Å². The van der Waals surface area contributed by atoms with E-state index in [9.17, 15) is 14.7 Å². The first-order valence-electron chi connectivity index (χ1n) is 11.3. The fraction of sp³-hybridized carbons (Fsp3) is 0.259. The third-order valence-electron chi connectivity index (χ3n) is 5.82. The van der Waals surface area contributed by atoms with Crippen LogP contribution in [0.4, 0.5) is 0 Å². The summed E-state index contributed by atoms with van der Waals surface area (Å²) in [6, 6.07) is 14.2. The number of amides is 1. The third kappa shape index (κ3) is 5.05. The Morgan fingerprint density at radius 1 is 1.11 bits per heavy atom. The summed E-state index contributed by atoms with van der Waals surface area (Å²) in [5.74, 6) is -0.261. The van der Waals surface area contributed by atoms with Crippen LogP contribution in [0, 0.1) is 0 Å². The van der Waals surface area contributed by atoms with Crippen molar-refractivity contribution >= 4 is 29.1 Å². The SMILES string of the molecule is CCCCOc1ccc(C2/C(=C(\O)c3ccc(Cl)cc3)C(=O)C(=O)N2Cc2ccco2)cc1OC. The largest absolute Gasteiger partial charge is 0.507 e. The predicted molar refractivity (Wildman–Crippen MR) is 131 cm³/mol. The Labute approximate surface area is 208 Å². The first-order chi connectivity index (χ1) is 16.9. The zero-order valence-corrected chi connectivity index (χ0v) is 20.2. The van der Waals surface area contributed by atoms with Crippen LogP contribution in [0.15, 0.2) is 70.9 Å². The Morgan fingerprint density at radius 2 is 1.89 bits per heavy atom. The topological polar surface area (TPSA) is 89.2 Å². The first-order valence-corrected chi connectivity index (χ1v) is 11.7. The summed E-state index contributed by atoms with van der Waals surface area (Å²) in [5, 5.41) is 11.6. The Bertz CT molecular complexity index is 1230. The number of furan rings is 1. The molecular weight excluding hydrogens is 470 g/mol. The smallest absolute Gasteiger partial charge is 0.296 e. The quantitative estimate of drug-likeness (QED) is 0.176. The van der Waals surface area contributed by atoms with Crippen molar-refractivity contribution in [2.45, 2.75) is 32.4 Å². The number of aliphatic hydroxyl groups excluding tert-OH is 1. The van der Waals surface area contributed by atoms with Crippen molar-refractivity contribution in [3.8, 4) is 11.5 Å². The van der Waals surface area contributed by atoms with Crippen LogP contribution in [0.2, 0.25) is 5.02 Å². The molecule has 1 fully saturated rings. The Morgan fingerprint density at radius 3 is 2.54 bits per heavy atom. The zero-order chi connectivity index (χ0) is 24.9. The molecule has 0 saturated carbocycles. The van der Waals surface area contributed by atoms with E-state index < -0.39 is 17.7 Å². The molecule has 1 amide bonds. The van der Waals surface area contributed by atoms with E-state index in [1.807, 2.05) is 0 Å². The summed E-state index contributed by atoms with van der Waals surface area (Å²) in [6.45, 7) is 2.67. The molecule has 3 aromatic rings. The van der Waals surface area contributed by atoms with Gasteiger partial charge in [-0.15, -0.1) is 0 Å². The lowest BCUT2D eigenvalue weighted by atomic mass is 9.95. The molecule has 1 N–H and O–H groups in total. The van der Waals surface area contributed by atoms with Crippen molar-refractivity contribution in [2.75, 3.05) is 13.7 Å². The molecule has 1 saturated heterocycles. The van der Waals surface area contributed by atoms with Crippen LogP contribution in [-0.2, 0) is 16.1 Å². The van der Waals surface area contributed by atoms with Gasteiger partial charge in [-0.1, -0.05) is 31.0 Å². The van der Waals surface area contributed by atoms with Gasteiger partial charge in [-0.2, -0.15) is 0 Å². The van der Waals surface area contributed by atoms with Crippen molar-refractivity contribution in [1.29, 1.82) is 0 Å². The highest BCUT2D eigenvalue weighted by atomic mass is 35.5. The molecular formula is C27H26ClNO6. The van der Waals surface area contributed by atoms with Crippen molar-refractivity contribution in [2.24, 2.45) is 0 Å². The second-order valence-corrected chi connectivity index (χ2v) is 8.56. The number of halogens is 1. The van der Waals surface area contributed by atoms with Crippen molar-refractivity contribution in [3.05, 3.63) is 88.3 Å². The van der Waals surface area contributed by atoms with E-state index in [-0.39, 0.29) is 17.9 Å². The van der Waals surface area contributed by atoms with Crippen molar-refractivity contribution in [1.82, 2.24) is 4.90 Å². The van der Waals surface area contributed by atoms with Crippen LogP contribution >= 0.6 is 11.6 Å². The number of likely N-dealkylation sites (tertiary alicyclic amines) is 1. The van der Waals surface area contributed by atoms with Crippen LogP contribution < -0.4 is 9.47 Å². The van der Waals surface area contributed by atoms with E-state index in [4.69, 9.17) is 25.5 Å².